The van der Waals surface area contributed by atoms with Gasteiger partial charge in [0.05, 0.1) is 16.7 Å². The summed E-state index contributed by atoms with van der Waals surface area (Å²) in [6.07, 6.45) is 0. The molecule has 0 aliphatic heterocycles. The fourth-order valence-electron chi connectivity index (χ4n) is 1.70. The van der Waals surface area contributed by atoms with Crippen molar-refractivity contribution < 1.29 is 4.39 Å². The average Bonchev–Trinajstić information content (AvgIpc) is 2.50. The van der Waals surface area contributed by atoms with Crippen LogP contribution in [0.25, 0.3) is 0 Å². The molecule has 90 valence electrons. The van der Waals surface area contributed by atoms with Crippen LogP contribution in [0, 0.1) is 19.7 Å². The first-order chi connectivity index (χ1) is 7.99. The van der Waals surface area contributed by atoms with E-state index in [2.05, 4.69) is 21.0 Å². The number of hydrogen-bond acceptors (Lipinski definition) is 2. The Kier molecular flexibility index (Phi) is 3.19. The molecule has 0 saturated heterocycles. The molecule has 0 spiro atoms. The first kappa shape index (κ1) is 12.1. The van der Waals surface area contributed by atoms with Crippen LogP contribution >= 0.6 is 15.9 Å². The molecular weight excluding hydrogens is 285 g/mol. The lowest BCUT2D eigenvalue weighted by atomic mass is 10.1. The molecule has 0 amide bonds. The molecule has 1 heterocycles. The van der Waals surface area contributed by atoms with Crippen LogP contribution in [-0.4, -0.2) is 9.78 Å². The molecule has 0 aliphatic carbocycles. The number of nitrogen functional groups attached to an aromatic ring is 1. The number of aromatic nitrogens is 2. The van der Waals surface area contributed by atoms with E-state index in [0.717, 1.165) is 21.3 Å². The van der Waals surface area contributed by atoms with Gasteiger partial charge in [-0.3, -0.25) is 0 Å². The average molecular weight is 298 g/mol. The largest absolute Gasteiger partial charge is 0.383 e. The molecule has 0 unspecified atom stereocenters. The highest BCUT2D eigenvalue weighted by atomic mass is 79.9. The van der Waals surface area contributed by atoms with E-state index in [9.17, 15) is 4.39 Å². The summed E-state index contributed by atoms with van der Waals surface area (Å²) in [5.41, 5.74) is 8.66. The number of nitrogens with zero attached hydrogens (tertiary/aromatic N) is 2. The molecule has 0 saturated carbocycles. The lowest BCUT2D eigenvalue weighted by Gasteiger charge is -2.07. The molecule has 1 aromatic heterocycles. The third-order valence-electron chi connectivity index (χ3n) is 2.72. The molecule has 2 N–H and O–H groups in total. The van der Waals surface area contributed by atoms with Gasteiger partial charge in [0.2, 0.25) is 0 Å². The van der Waals surface area contributed by atoms with Gasteiger partial charge in [-0.15, -0.1) is 0 Å². The van der Waals surface area contributed by atoms with Crippen molar-refractivity contribution >= 4 is 21.7 Å². The number of hydrogen-bond donors (Lipinski definition) is 1. The van der Waals surface area contributed by atoms with Gasteiger partial charge in [0.1, 0.15) is 11.6 Å². The highest BCUT2D eigenvalue weighted by Gasteiger charge is 2.10. The van der Waals surface area contributed by atoms with E-state index >= 15 is 0 Å². The third kappa shape index (κ3) is 2.34. The van der Waals surface area contributed by atoms with E-state index in [1.54, 1.807) is 10.7 Å². The van der Waals surface area contributed by atoms with Crippen molar-refractivity contribution in [2.75, 3.05) is 5.73 Å². The molecule has 0 bridgehead atoms. The molecule has 0 aliphatic rings. The minimum Gasteiger partial charge on any atom is -0.383 e. The maximum atomic E-state index is 13.0. The van der Waals surface area contributed by atoms with Crippen LogP contribution in [-0.2, 0) is 6.54 Å². The Morgan fingerprint density at radius 3 is 2.65 bits per heavy atom. The Balaban J connectivity index is 2.34. The zero-order chi connectivity index (χ0) is 12.6. The lowest BCUT2D eigenvalue weighted by molar-refractivity contribution is 0.622. The van der Waals surface area contributed by atoms with Crippen LogP contribution in [0.5, 0.6) is 0 Å². The van der Waals surface area contributed by atoms with Gasteiger partial charge in [0.25, 0.3) is 0 Å². The predicted molar refractivity (Wildman–Crippen MR) is 69.3 cm³/mol. The highest BCUT2D eigenvalue weighted by Crippen LogP contribution is 2.24. The molecule has 3 nitrogen and oxygen atoms in total. The van der Waals surface area contributed by atoms with Gasteiger partial charge in [0, 0.05) is 0 Å². The minimum atomic E-state index is -0.225. The summed E-state index contributed by atoms with van der Waals surface area (Å²) in [6.45, 7) is 4.30. The summed E-state index contributed by atoms with van der Waals surface area (Å²) in [7, 11) is 0. The third-order valence-corrected chi connectivity index (χ3v) is 3.70. The van der Waals surface area contributed by atoms with Crippen LogP contribution in [0.1, 0.15) is 16.8 Å². The quantitative estimate of drug-likeness (QED) is 0.926. The van der Waals surface area contributed by atoms with Gasteiger partial charge in [-0.05, 0) is 53.0 Å². The molecule has 0 fully saturated rings. The van der Waals surface area contributed by atoms with E-state index in [0.29, 0.717) is 12.4 Å². The molecule has 17 heavy (non-hydrogen) atoms. The van der Waals surface area contributed by atoms with E-state index in [-0.39, 0.29) is 5.82 Å². The summed E-state index contributed by atoms with van der Waals surface area (Å²) < 4.78 is 15.5. The monoisotopic (exact) mass is 297 g/mol. The van der Waals surface area contributed by atoms with Crippen molar-refractivity contribution in [2.45, 2.75) is 20.4 Å². The first-order valence-electron chi connectivity index (χ1n) is 5.22. The Morgan fingerprint density at radius 1 is 1.41 bits per heavy atom. The van der Waals surface area contributed by atoms with Crippen LogP contribution in [0.2, 0.25) is 0 Å². The summed E-state index contributed by atoms with van der Waals surface area (Å²) in [5, 5.41) is 4.32. The summed E-state index contributed by atoms with van der Waals surface area (Å²) >= 11 is 3.38. The van der Waals surface area contributed by atoms with Gasteiger partial charge in [0.15, 0.2) is 0 Å². The summed E-state index contributed by atoms with van der Waals surface area (Å²) in [4.78, 5) is 0. The highest BCUT2D eigenvalue weighted by molar-refractivity contribution is 9.10. The van der Waals surface area contributed by atoms with Crippen molar-refractivity contribution in [2.24, 2.45) is 0 Å². The van der Waals surface area contributed by atoms with Crippen LogP contribution in [0.15, 0.2) is 22.7 Å². The maximum absolute atomic E-state index is 13.0. The summed E-state index contributed by atoms with van der Waals surface area (Å²) in [6, 6.07) is 4.72. The van der Waals surface area contributed by atoms with Gasteiger partial charge >= 0.3 is 0 Å². The fourth-order valence-corrected chi connectivity index (χ4v) is 1.98. The van der Waals surface area contributed by atoms with Gasteiger partial charge in [-0.25, -0.2) is 9.07 Å². The Morgan fingerprint density at radius 2 is 2.12 bits per heavy atom. The van der Waals surface area contributed by atoms with Crippen molar-refractivity contribution in [1.82, 2.24) is 9.78 Å². The topological polar surface area (TPSA) is 43.8 Å². The van der Waals surface area contributed by atoms with E-state index < -0.39 is 0 Å². The van der Waals surface area contributed by atoms with Crippen molar-refractivity contribution in [1.29, 1.82) is 0 Å². The first-order valence-corrected chi connectivity index (χ1v) is 6.01. The SMILES string of the molecule is Cc1cc(F)ccc1Cn1nc(C)c(Br)c1N. The zero-order valence-corrected chi connectivity index (χ0v) is 11.3. The molecule has 2 aromatic rings. The van der Waals surface area contributed by atoms with Crippen molar-refractivity contribution in [3.63, 3.8) is 0 Å². The second-order valence-electron chi connectivity index (χ2n) is 4.01. The normalized spacial score (nSPS) is 10.8. The Labute approximate surface area is 108 Å². The van der Waals surface area contributed by atoms with E-state index in [1.165, 1.54) is 12.1 Å². The number of rotatable bonds is 2. The number of nitrogens with two attached hydrogens (primary N) is 1. The molecule has 1 aromatic carbocycles. The van der Waals surface area contributed by atoms with Crippen molar-refractivity contribution in [3.05, 3.63) is 45.3 Å². The van der Waals surface area contributed by atoms with Crippen LogP contribution in [0.3, 0.4) is 0 Å². The molecule has 0 radical (unpaired) electrons. The van der Waals surface area contributed by atoms with E-state index in [4.69, 9.17) is 5.73 Å². The number of halogens is 2. The molecular formula is C12H13BrFN3. The fraction of sp³-hybridized carbons (Fsp3) is 0.250. The maximum Gasteiger partial charge on any atom is 0.136 e. The second-order valence-corrected chi connectivity index (χ2v) is 4.81. The zero-order valence-electron chi connectivity index (χ0n) is 9.67. The van der Waals surface area contributed by atoms with Crippen molar-refractivity contribution in [3.8, 4) is 0 Å². The molecule has 5 heteroatoms. The minimum absolute atomic E-state index is 0.225. The molecule has 0 atom stereocenters. The molecule has 2 rings (SSSR count). The summed E-state index contributed by atoms with van der Waals surface area (Å²) in [5.74, 6) is 0.364. The predicted octanol–water partition coefficient (Wildman–Crippen LogP) is 3.03. The Bertz CT molecular complexity index is 563. The van der Waals surface area contributed by atoms with Crippen LogP contribution in [0.4, 0.5) is 10.2 Å². The lowest BCUT2D eigenvalue weighted by Crippen LogP contribution is -2.07. The van der Waals surface area contributed by atoms with Gasteiger partial charge in [-0.1, -0.05) is 6.07 Å². The smallest absolute Gasteiger partial charge is 0.136 e. The van der Waals surface area contributed by atoms with Gasteiger partial charge < -0.3 is 5.73 Å². The van der Waals surface area contributed by atoms with Crippen LogP contribution < -0.4 is 5.73 Å². The second kappa shape index (κ2) is 4.49. The van der Waals surface area contributed by atoms with E-state index in [1.807, 2.05) is 13.8 Å². The number of anilines is 1. The van der Waals surface area contributed by atoms with Gasteiger partial charge in [-0.2, -0.15) is 5.10 Å². The number of aryl methyl sites for hydroxylation is 2. The standard InChI is InChI=1S/C12H13BrFN3/c1-7-5-10(14)4-3-9(7)6-17-12(15)11(13)8(2)16-17/h3-5H,6,15H2,1-2H3. The number of benzene rings is 1. The Hall–Kier alpha value is -1.36.